The van der Waals surface area contributed by atoms with Gasteiger partial charge in [-0.3, -0.25) is 4.79 Å². The number of amides is 1. The Bertz CT molecular complexity index is 745. The largest absolute Gasteiger partial charge is 0.492 e. The maximum atomic E-state index is 12.1. The van der Waals surface area contributed by atoms with Crippen molar-refractivity contribution in [3.63, 3.8) is 0 Å². The number of nitrogens with one attached hydrogen (secondary N) is 1. The second-order valence-corrected chi connectivity index (χ2v) is 8.67. The summed E-state index contributed by atoms with van der Waals surface area (Å²) < 4.78 is 6.73. The van der Waals surface area contributed by atoms with Crippen LogP contribution in [-0.2, 0) is 4.79 Å². The van der Waals surface area contributed by atoms with Crippen molar-refractivity contribution in [3.8, 4) is 5.75 Å². The molecular weight excluding hydrogens is 426 g/mol. The number of ether oxygens (including phenoxy) is 1. The summed E-state index contributed by atoms with van der Waals surface area (Å²) >= 11 is 5.02. The van der Waals surface area contributed by atoms with Crippen LogP contribution in [0.25, 0.3) is 0 Å². The van der Waals surface area contributed by atoms with Crippen LogP contribution < -0.4 is 10.1 Å². The highest BCUT2D eigenvalue weighted by atomic mass is 79.9. The van der Waals surface area contributed by atoms with Crippen molar-refractivity contribution in [2.24, 2.45) is 0 Å². The lowest BCUT2D eigenvalue weighted by Crippen LogP contribution is -2.12. The summed E-state index contributed by atoms with van der Waals surface area (Å²) in [7, 11) is 0. The first-order valence-corrected chi connectivity index (χ1v) is 11.1. The number of hydrogen-bond donors (Lipinski definition) is 1. The quantitative estimate of drug-likeness (QED) is 0.439. The molecule has 1 heterocycles. The van der Waals surface area contributed by atoms with E-state index < -0.39 is 0 Å². The molecule has 1 amide bonds. The van der Waals surface area contributed by atoms with E-state index in [1.807, 2.05) is 6.07 Å². The lowest BCUT2D eigenvalue weighted by Gasteiger charge is -2.11. The minimum Gasteiger partial charge on any atom is -0.492 e. The molecule has 0 aliphatic heterocycles. The number of nitrogens with zero attached hydrogens (tertiary/aromatic N) is 2. The zero-order chi connectivity index (χ0) is 19.8. The van der Waals surface area contributed by atoms with E-state index in [2.05, 4.69) is 71.3 Å². The highest BCUT2D eigenvalue weighted by Crippen LogP contribution is 2.29. The van der Waals surface area contributed by atoms with Gasteiger partial charge < -0.3 is 10.1 Å². The first kappa shape index (κ1) is 21.8. The van der Waals surface area contributed by atoms with Crippen LogP contribution in [0.3, 0.4) is 0 Å². The zero-order valence-corrected chi connectivity index (χ0v) is 18.8. The van der Waals surface area contributed by atoms with Crippen LogP contribution in [-0.4, -0.2) is 22.7 Å². The Morgan fingerprint density at radius 3 is 2.63 bits per heavy atom. The van der Waals surface area contributed by atoms with E-state index in [0.717, 1.165) is 28.1 Å². The Morgan fingerprint density at radius 2 is 2.00 bits per heavy atom. The Morgan fingerprint density at radius 1 is 1.26 bits per heavy atom. The maximum Gasteiger partial charge on any atom is 0.226 e. The smallest absolute Gasteiger partial charge is 0.226 e. The Hall–Kier alpha value is -1.47. The fourth-order valence-corrected chi connectivity index (χ4v) is 4.22. The average Bonchev–Trinajstić information content (AvgIpc) is 3.08. The van der Waals surface area contributed by atoms with Gasteiger partial charge in [0.1, 0.15) is 10.8 Å². The monoisotopic (exact) mass is 453 g/mol. The van der Waals surface area contributed by atoms with Crippen molar-refractivity contribution >= 4 is 38.3 Å². The molecule has 27 heavy (non-hydrogen) atoms. The summed E-state index contributed by atoms with van der Waals surface area (Å²) in [6.07, 6.45) is 3.10. The van der Waals surface area contributed by atoms with Crippen LogP contribution in [0.1, 0.15) is 75.8 Å². The number of rotatable bonds is 10. The highest BCUT2D eigenvalue weighted by molar-refractivity contribution is 9.10. The fraction of sp³-hybridized carbons (Fsp3) is 0.550. The molecule has 2 aromatic rings. The summed E-state index contributed by atoms with van der Waals surface area (Å²) in [6, 6.07) is 6.13. The molecule has 2 rings (SSSR count). The van der Waals surface area contributed by atoms with Gasteiger partial charge >= 0.3 is 0 Å². The second-order valence-electron chi connectivity index (χ2n) is 6.80. The van der Waals surface area contributed by atoms with Crippen LogP contribution in [0.4, 0.5) is 5.13 Å². The van der Waals surface area contributed by atoms with Gasteiger partial charge in [-0.25, -0.2) is 0 Å². The molecule has 0 unspecified atom stereocenters. The molecule has 0 aliphatic rings. The van der Waals surface area contributed by atoms with Gasteiger partial charge in [0, 0.05) is 12.3 Å². The van der Waals surface area contributed by atoms with E-state index in [9.17, 15) is 4.79 Å². The van der Waals surface area contributed by atoms with Crippen LogP contribution in [0.15, 0.2) is 22.7 Å². The van der Waals surface area contributed by atoms with E-state index in [4.69, 9.17) is 4.74 Å². The fourth-order valence-electron chi connectivity index (χ4n) is 2.68. The summed E-state index contributed by atoms with van der Waals surface area (Å²) in [5.74, 6) is 1.64. The topological polar surface area (TPSA) is 64.1 Å². The third-order valence-corrected chi connectivity index (χ3v) is 6.07. The number of aromatic nitrogens is 2. The summed E-state index contributed by atoms with van der Waals surface area (Å²) in [6.45, 7) is 9.09. The molecule has 5 nitrogen and oxygen atoms in total. The van der Waals surface area contributed by atoms with Gasteiger partial charge in [-0.2, -0.15) is 0 Å². The minimum atomic E-state index is -0.0555. The van der Waals surface area contributed by atoms with E-state index in [0.29, 0.717) is 36.4 Å². The van der Waals surface area contributed by atoms with E-state index >= 15 is 0 Å². The number of anilines is 1. The Labute approximate surface area is 174 Å². The Kier molecular flexibility index (Phi) is 8.70. The molecule has 0 fully saturated rings. The van der Waals surface area contributed by atoms with Crippen LogP contribution >= 0.6 is 27.3 Å². The molecule has 0 atom stereocenters. The van der Waals surface area contributed by atoms with Crippen molar-refractivity contribution in [3.05, 3.63) is 33.2 Å². The third kappa shape index (κ3) is 6.57. The zero-order valence-electron chi connectivity index (χ0n) is 16.4. The number of halogens is 1. The molecule has 0 radical (unpaired) electrons. The molecule has 1 aromatic carbocycles. The normalized spacial score (nSPS) is 11.2. The molecular formula is C20H28BrN3O2S. The summed E-state index contributed by atoms with van der Waals surface area (Å²) in [5, 5.41) is 12.7. The van der Waals surface area contributed by atoms with E-state index in [-0.39, 0.29) is 5.91 Å². The van der Waals surface area contributed by atoms with Crippen LogP contribution in [0.5, 0.6) is 5.75 Å². The Balaban J connectivity index is 1.75. The van der Waals surface area contributed by atoms with Crippen molar-refractivity contribution in [2.45, 2.75) is 65.2 Å². The lowest BCUT2D eigenvalue weighted by molar-refractivity contribution is -0.116. The number of carbonyl (C=O) groups is 1. The number of hydrogen-bond acceptors (Lipinski definition) is 5. The highest BCUT2D eigenvalue weighted by Gasteiger charge is 2.14. The van der Waals surface area contributed by atoms with Crippen molar-refractivity contribution in [1.82, 2.24) is 10.2 Å². The molecule has 0 bridgehead atoms. The van der Waals surface area contributed by atoms with Crippen molar-refractivity contribution < 1.29 is 9.53 Å². The maximum absolute atomic E-state index is 12.1. The number of benzene rings is 1. The van der Waals surface area contributed by atoms with Gasteiger partial charge in [0.15, 0.2) is 0 Å². The second kappa shape index (κ2) is 10.8. The van der Waals surface area contributed by atoms with E-state index in [1.54, 1.807) is 0 Å². The van der Waals surface area contributed by atoms with Crippen molar-refractivity contribution in [2.75, 3.05) is 11.9 Å². The molecule has 1 aromatic heterocycles. The first-order chi connectivity index (χ1) is 12.9. The third-order valence-electron chi connectivity index (χ3n) is 4.45. The molecule has 148 valence electrons. The van der Waals surface area contributed by atoms with Crippen molar-refractivity contribution in [1.29, 1.82) is 0 Å². The standard InChI is InChI=1S/C20H28BrN3O2S/c1-5-14(6-2)19-23-24-20(27-19)22-18(25)8-7-11-26-17-10-9-15(13(3)4)12-16(17)21/h9-10,12-14H,5-8,11H2,1-4H3,(H,22,24,25). The molecule has 0 aliphatic carbocycles. The number of carbonyl (C=O) groups excluding carboxylic acids is 1. The van der Waals surface area contributed by atoms with Crippen LogP contribution in [0.2, 0.25) is 0 Å². The molecule has 0 saturated heterocycles. The molecule has 7 heteroatoms. The minimum absolute atomic E-state index is 0.0555. The summed E-state index contributed by atoms with van der Waals surface area (Å²) in [5.41, 5.74) is 1.26. The van der Waals surface area contributed by atoms with Gasteiger partial charge in [-0.1, -0.05) is 45.1 Å². The summed E-state index contributed by atoms with van der Waals surface area (Å²) in [4.78, 5) is 12.1. The molecule has 0 spiro atoms. The predicted molar refractivity (Wildman–Crippen MR) is 115 cm³/mol. The van der Waals surface area contributed by atoms with Gasteiger partial charge in [-0.15, -0.1) is 10.2 Å². The predicted octanol–water partition coefficient (Wildman–Crippen LogP) is 6.13. The first-order valence-electron chi connectivity index (χ1n) is 9.50. The van der Waals surface area contributed by atoms with E-state index in [1.165, 1.54) is 16.9 Å². The van der Waals surface area contributed by atoms with Gasteiger partial charge in [0.05, 0.1) is 11.1 Å². The lowest BCUT2D eigenvalue weighted by atomic mass is 10.0. The molecule has 0 saturated carbocycles. The van der Waals surface area contributed by atoms with Gasteiger partial charge in [-0.05, 0) is 58.8 Å². The van der Waals surface area contributed by atoms with Gasteiger partial charge in [0.25, 0.3) is 0 Å². The SMILES string of the molecule is CCC(CC)c1nnc(NC(=O)CCCOc2ccc(C(C)C)cc2Br)s1. The molecule has 1 N–H and O–H groups in total. The van der Waals surface area contributed by atoms with Crippen LogP contribution in [0, 0.1) is 0 Å². The average molecular weight is 454 g/mol. The van der Waals surface area contributed by atoms with Gasteiger partial charge in [0.2, 0.25) is 11.0 Å².